The Morgan fingerprint density at radius 2 is 0.860 bits per heavy atom. The molecule has 1 aliphatic heterocycles. The lowest BCUT2D eigenvalue weighted by atomic mass is 9.94. The van der Waals surface area contributed by atoms with Gasteiger partial charge in [0.25, 0.3) is 0 Å². The van der Waals surface area contributed by atoms with Crippen LogP contribution in [-0.2, 0) is 0 Å². The number of aromatic nitrogens is 1. The van der Waals surface area contributed by atoms with Crippen molar-refractivity contribution in [2.75, 3.05) is 4.90 Å². The van der Waals surface area contributed by atoms with Gasteiger partial charge in [0.2, 0.25) is 0 Å². The molecule has 234 valence electrons. The molecule has 0 saturated heterocycles. The van der Waals surface area contributed by atoms with E-state index in [0.29, 0.717) is 0 Å². The predicted octanol–water partition coefficient (Wildman–Crippen LogP) is 13.2. The first-order valence-electron chi connectivity index (χ1n) is 17.2. The van der Waals surface area contributed by atoms with Gasteiger partial charge in [-0.2, -0.15) is 0 Å². The number of rotatable bonds is 4. The molecule has 0 spiro atoms. The largest absolute Gasteiger partial charge is 0.307 e. The van der Waals surface area contributed by atoms with Crippen molar-refractivity contribution >= 4 is 38.9 Å². The fourth-order valence-electron chi connectivity index (χ4n) is 7.90. The van der Waals surface area contributed by atoms with Crippen LogP contribution < -0.4 is 4.90 Å². The quantitative estimate of drug-likeness (QED) is 0.187. The third-order valence-corrected chi connectivity index (χ3v) is 10.1. The van der Waals surface area contributed by atoms with Gasteiger partial charge in [-0.15, -0.1) is 0 Å². The highest BCUT2D eigenvalue weighted by Crippen LogP contribution is 2.54. The third kappa shape index (κ3) is 4.43. The van der Waals surface area contributed by atoms with E-state index in [4.69, 9.17) is 0 Å². The molecule has 1 aromatic heterocycles. The molecule has 2 nitrogen and oxygen atoms in total. The highest BCUT2D eigenvalue weighted by atomic mass is 15.2. The number of hydrogen-bond acceptors (Lipinski definition) is 1. The Balaban J connectivity index is 1.39. The predicted molar refractivity (Wildman–Crippen MR) is 211 cm³/mol. The smallest absolute Gasteiger partial charge is 0.0788 e. The molecule has 0 amide bonds. The second-order valence-electron chi connectivity index (χ2n) is 12.9. The Bertz CT molecular complexity index is 2630. The summed E-state index contributed by atoms with van der Waals surface area (Å²) in [5, 5.41) is 2.46. The summed E-state index contributed by atoms with van der Waals surface area (Å²) in [6.07, 6.45) is 0. The van der Waals surface area contributed by atoms with Crippen LogP contribution in [0.25, 0.3) is 72.0 Å². The van der Waals surface area contributed by atoms with Crippen LogP contribution in [-0.4, -0.2) is 4.57 Å². The molecule has 2 heteroatoms. The van der Waals surface area contributed by atoms with E-state index in [9.17, 15) is 0 Å². The first-order chi connectivity index (χ1) is 24.8. The normalized spacial score (nSPS) is 12.0. The van der Waals surface area contributed by atoms with Crippen LogP contribution in [0, 0.1) is 0 Å². The van der Waals surface area contributed by atoms with E-state index in [1.807, 2.05) is 0 Å². The average Bonchev–Trinajstić information content (AvgIpc) is 3.47. The lowest BCUT2D eigenvalue weighted by molar-refractivity contribution is 1.17. The van der Waals surface area contributed by atoms with Crippen LogP contribution in [0.15, 0.2) is 194 Å². The summed E-state index contributed by atoms with van der Waals surface area (Å²) in [7, 11) is 0. The molecule has 9 aromatic rings. The SMILES string of the molecule is c1ccc(-c2cc(-c3ccccc3)cc(-n3c4ccccc4c4ccc5c(c43)N(c3ccccc3)c3ccccc3-c3ccccc3-5)c2)cc1. The van der Waals surface area contributed by atoms with Gasteiger partial charge in [0.15, 0.2) is 0 Å². The van der Waals surface area contributed by atoms with Crippen LogP contribution in [0.2, 0.25) is 0 Å². The van der Waals surface area contributed by atoms with Crippen molar-refractivity contribution < 1.29 is 0 Å². The Labute approximate surface area is 291 Å². The standard InChI is InChI=1S/C48H32N2/c1-4-16-33(17-5-1)35-30-36(34-18-6-2-7-19-34)32-38(31-35)50-46-27-15-13-25-42(46)44-29-28-43-40-23-11-10-22-39(40)41-24-12-14-26-45(41)49(47(43)48(44)50)37-20-8-3-9-21-37/h1-32H. The summed E-state index contributed by atoms with van der Waals surface area (Å²) in [5.41, 5.74) is 16.6. The average molecular weight is 637 g/mol. The van der Waals surface area contributed by atoms with Crippen molar-refractivity contribution in [2.24, 2.45) is 0 Å². The molecule has 2 heterocycles. The summed E-state index contributed by atoms with van der Waals surface area (Å²) in [6, 6.07) is 70.6. The Hall–Kier alpha value is -6.64. The van der Waals surface area contributed by atoms with Gasteiger partial charge in [0, 0.05) is 33.3 Å². The Kier molecular flexibility index (Phi) is 6.53. The van der Waals surface area contributed by atoms with Crippen molar-refractivity contribution in [2.45, 2.75) is 0 Å². The zero-order chi connectivity index (χ0) is 33.0. The lowest BCUT2D eigenvalue weighted by Crippen LogP contribution is -2.12. The molecule has 0 atom stereocenters. The van der Waals surface area contributed by atoms with Gasteiger partial charge in [-0.1, -0.05) is 152 Å². The summed E-state index contributed by atoms with van der Waals surface area (Å²) in [4.78, 5) is 2.49. The minimum Gasteiger partial charge on any atom is -0.307 e. The molecule has 8 aromatic carbocycles. The maximum absolute atomic E-state index is 2.51. The monoisotopic (exact) mass is 636 g/mol. The van der Waals surface area contributed by atoms with E-state index in [1.165, 1.54) is 72.0 Å². The van der Waals surface area contributed by atoms with Crippen LogP contribution in [0.1, 0.15) is 0 Å². The highest BCUT2D eigenvalue weighted by Gasteiger charge is 2.30. The molecule has 0 N–H and O–H groups in total. The van der Waals surface area contributed by atoms with Gasteiger partial charge >= 0.3 is 0 Å². The topological polar surface area (TPSA) is 8.17 Å². The van der Waals surface area contributed by atoms with Gasteiger partial charge in [-0.3, -0.25) is 0 Å². The van der Waals surface area contributed by atoms with Gasteiger partial charge in [0.1, 0.15) is 0 Å². The summed E-state index contributed by atoms with van der Waals surface area (Å²) >= 11 is 0. The molecule has 1 aliphatic rings. The molecule has 0 saturated carbocycles. The molecule has 0 radical (unpaired) electrons. The summed E-state index contributed by atoms with van der Waals surface area (Å²) in [6.45, 7) is 0. The third-order valence-electron chi connectivity index (χ3n) is 10.1. The molecule has 0 bridgehead atoms. The minimum absolute atomic E-state index is 1.13. The molecule has 0 aliphatic carbocycles. The number of fused-ring (bicyclic) bond motifs is 9. The second-order valence-corrected chi connectivity index (χ2v) is 12.9. The molecule has 0 unspecified atom stereocenters. The molecular formula is C48H32N2. The fourth-order valence-corrected chi connectivity index (χ4v) is 7.90. The van der Waals surface area contributed by atoms with E-state index in [-0.39, 0.29) is 0 Å². The Morgan fingerprint density at radius 1 is 0.320 bits per heavy atom. The summed E-state index contributed by atoms with van der Waals surface area (Å²) in [5.74, 6) is 0. The van der Waals surface area contributed by atoms with Crippen LogP contribution in [0.4, 0.5) is 17.1 Å². The van der Waals surface area contributed by atoms with E-state index >= 15 is 0 Å². The van der Waals surface area contributed by atoms with Crippen molar-refractivity contribution in [1.82, 2.24) is 4.57 Å². The zero-order valence-corrected chi connectivity index (χ0v) is 27.4. The van der Waals surface area contributed by atoms with Gasteiger partial charge in [-0.25, -0.2) is 0 Å². The molecular weight excluding hydrogens is 605 g/mol. The minimum atomic E-state index is 1.13. The number of para-hydroxylation sites is 3. The molecule has 10 rings (SSSR count). The van der Waals surface area contributed by atoms with E-state index in [2.05, 4.69) is 204 Å². The van der Waals surface area contributed by atoms with Crippen molar-refractivity contribution in [3.63, 3.8) is 0 Å². The zero-order valence-electron chi connectivity index (χ0n) is 27.4. The first-order valence-corrected chi connectivity index (χ1v) is 17.2. The highest BCUT2D eigenvalue weighted by molar-refractivity contribution is 6.19. The van der Waals surface area contributed by atoms with Crippen molar-refractivity contribution in [1.29, 1.82) is 0 Å². The van der Waals surface area contributed by atoms with Gasteiger partial charge in [0.05, 0.1) is 22.4 Å². The van der Waals surface area contributed by atoms with Crippen molar-refractivity contribution in [3.8, 4) is 50.2 Å². The first kappa shape index (κ1) is 28.4. The fraction of sp³-hybridized carbons (Fsp3) is 0. The number of nitrogens with zero attached hydrogens (tertiary/aromatic N) is 2. The van der Waals surface area contributed by atoms with E-state index < -0.39 is 0 Å². The maximum atomic E-state index is 2.51. The van der Waals surface area contributed by atoms with Crippen LogP contribution >= 0.6 is 0 Å². The van der Waals surface area contributed by atoms with Crippen LogP contribution in [0.3, 0.4) is 0 Å². The number of hydrogen-bond donors (Lipinski definition) is 0. The number of anilines is 3. The summed E-state index contributed by atoms with van der Waals surface area (Å²) < 4.78 is 2.51. The molecule has 50 heavy (non-hydrogen) atoms. The Morgan fingerprint density at radius 3 is 1.54 bits per heavy atom. The number of benzene rings is 8. The van der Waals surface area contributed by atoms with Crippen LogP contribution in [0.5, 0.6) is 0 Å². The van der Waals surface area contributed by atoms with Crippen molar-refractivity contribution in [3.05, 3.63) is 194 Å². The van der Waals surface area contributed by atoms with Gasteiger partial charge < -0.3 is 9.47 Å². The van der Waals surface area contributed by atoms with Gasteiger partial charge in [-0.05, 0) is 75.8 Å². The van der Waals surface area contributed by atoms with E-state index in [1.54, 1.807) is 0 Å². The molecule has 0 fully saturated rings. The lowest BCUT2D eigenvalue weighted by Gasteiger charge is -2.29. The second kappa shape index (κ2) is 11.5. The maximum Gasteiger partial charge on any atom is 0.0788 e. The van der Waals surface area contributed by atoms with E-state index in [0.717, 1.165) is 17.1 Å².